The number of hydrogen-bond acceptors (Lipinski definition) is 6. The van der Waals surface area contributed by atoms with Crippen LogP contribution >= 0.6 is 11.8 Å². The molecule has 9 nitrogen and oxygen atoms in total. The number of thioether (sulfide) groups is 1. The minimum Gasteiger partial charge on any atom is -0.322 e. The number of amides is 4. The smallest absolute Gasteiger partial charge is 0.322 e. The monoisotopic (exact) mass is 378 g/mol. The van der Waals surface area contributed by atoms with E-state index in [4.69, 9.17) is 0 Å². The Labute approximate surface area is 155 Å². The topological polar surface area (TPSA) is 109 Å². The Bertz CT molecular complexity index is 772. The standard InChI is InChI=1S/C16H22N6O3S/c1-3-16(2)13(24)22(14(25)17-16)20-11(23)8-26-15-19-18-12(9-4-5-9)21(15)10-6-7-10/h9-10H,3-8H2,1-2H3,(H,17,25)(H,20,23)/t16-/m1/s1. The average molecular weight is 378 g/mol. The Kier molecular flexibility index (Phi) is 4.17. The number of rotatable bonds is 7. The van der Waals surface area contributed by atoms with Crippen molar-refractivity contribution in [2.24, 2.45) is 0 Å². The second kappa shape index (κ2) is 6.26. The molecule has 0 bridgehead atoms. The van der Waals surface area contributed by atoms with Gasteiger partial charge in [0.15, 0.2) is 5.16 Å². The zero-order chi connectivity index (χ0) is 18.5. The first kappa shape index (κ1) is 17.3. The molecule has 1 aliphatic heterocycles. The van der Waals surface area contributed by atoms with Crippen molar-refractivity contribution >= 4 is 29.6 Å². The molecule has 26 heavy (non-hydrogen) atoms. The molecule has 0 unspecified atom stereocenters. The summed E-state index contributed by atoms with van der Waals surface area (Å²) in [6.07, 6.45) is 5.00. The lowest BCUT2D eigenvalue weighted by molar-refractivity contribution is -0.137. The molecule has 0 radical (unpaired) electrons. The van der Waals surface area contributed by atoms with E-state index in [-0.39, 0.29) is 5.75 Å². The van der Waals surface area contributed by atoms with E-state index in [0.717, 1.165) is 41.7 Å². The fourth-order valence-electron chi connectivity index (χ4n) is 3.00. The van der Waals surface area contributed by atoms with Crippen LogP contribution in [0.4, 0.5) is 4.79 Å². The van der Waals surface area contributed by atoms with Gasteiger partial charge in [0.2, 0.25) is 5.91 Å². The number of hydrazine groups is 1. The van der Waals surface area contributed by atoms with Gasteiger partial charge in [0.25, 0.3) is 5.91 Å². The number of nitrogens with zero attached hydrogens (tertiary/aromatic N) is 4. The highest BCUT2D eigenvalue weighted by molar-refractivity contribution is 7.99. The number of hydrogen-bond donors (Lipinski definition) is 2. The van der Waals surface area contributed by atoms with Crippen LogP contribution in [-0.2, 0) is 9.59 Å². The third kappa shape index (κ3) is 3.06. The van der Waals surface area contributed by atoms with Gasteiger partial charge in [-0.1, -0.05) is 18.7 Å². The molecule has 2 heterocycles. The van der Waals surface area contributed by atoms with E-state index in [1.54, 1.807) is 6.92 Å². The van der Waals surface area contributed by atoms with Crippen molar-refractivity contribution in [3.05, 3.63) is 5.82 Å². The molecular formula is C16H22N6O3S. The Morgan fingerprint density at radius 3 is 2.62 bits per heavy atom. The van der Waals surface area contributed by atoms with Gasteiger partial charge in [-0.3, -0.25) is 15.0 Å². The predicted octanol–water partition coefficient (Wildman–Crippen LogP) is 1.33. The van der Waals surface area contributed by atoms with E-state index in [0.29, 0.717) is 18.4 Å². The van der Waals surface area contributed by atoms with E-state index < -0.39 is 23.4 Å². The molecule has 1 aromatic heterocycles. The quantitative estimate of drug-likeness (QED) is 0.547. The summed E-state index contributed by atoms with van der Waals surface area (Å²) in [6, 6.07) is -0.155. The maximum atomic E-state index is 12.3. The fourth-order valence-corrected chi connectivity index (χ4v) is 3.80. The summed E-state index contributed by atoms with van der Waals surface area (Å²) in [6.45, 7) is 3.45. The Hall–Kier alpha value is -2.10. The van der Waals surface area contributed by atoms with Crippen LogP contribution in [0.25, 0.3) is 0 Å². The minimum atomic E-state index is -0.969. The number of urea groups is 1. The molecule has 2 aliphatic carbocycles. The molecule has 1 aromatic rings. The number of imide groups is 1. The summed E-state index contributed by atoms with van der Waals surface area (Å²) >= 11 is 1.29. The van der Waals surface area contributed by atoms with Crippen molar-refractivity contribution in [2.75, 3.05) is 5.75 Å². The van der Waals surface area contributed by atoms with Crippen LogP contribution in [0.1, 0.15) is 63.7 Å². The second-order valence-corrected chi connectivity index (χ2v) is 8.24. The molecule has 0 spiro atoms. The summed E-state index contributed by atoms with van der Waals surface area (Å²) in [5.41, 5.74) is 1.43. The van der Waals surface area contributed by atoms with Crippen LogP contribution < -0.4 is 10.7 Å². The van der Waals surface area contributed by atoms with Gasteiger partial charge in [0.05, 0.1) is 5.75 Å². The van der Waals surface area contributed by atoms with E-state index >= 15 is 0 Å². The maximum Gasteiger partial charge on any atom is 0.344 e. The van der Waals surface area contributed by atoms with Crippen LogP contribution in [0.2, 0.25) is 0 Å². The van der Waals surface area contributed by atoms with Crippen molar-refractivity contribution in [2.45, 2.75) is 68.6 Å². The van der Waals surface area contributed by atoms with Gasteiger partial charge in [-0.15, -0.1) is 10.2 Å². The lowest BCUT2D eigenvalue weighted by atomic mass is 10.00. The molecule has 1 saturated heterocycles. The molecular weight excluding hydrogens is 356 g/mol. The predicted molar refractivity (Wildman–Crippen MR) is 93.2 cm³/mol. The SMILES string of the molecule is CC[C@@]1(C)NC(=O)N(NC(=O)CSc2nnc(C3CC3)n2C2CC2)C1=O. The molecule has 2 N–H and O–H groups in total. The van der Waals surface area contributed by atoms with Gasteiger partial charge in [0, 0.05) is 12.0 Å². The van der Waals surface area contributed by atoms with Crippen molar-refractivity contribution < 1.29 is 14.4 Å². The van der Waals surface area contributed by atoms with Crippen LogP contribution in [0.3, 0.4) is 0 Å². The normalized spacial score (nSPS) is 25.5. The van der Waals surface area contributed by atoms with Gasteiger partial charge in [0.1, 0.15) is 11.4 Å². The van der Waals surface area contributed by atoms with Gasteiger partial charge >= 0.3 is 6.03 Å². The number of carbonyl (C=O) groups is 3. The summed E-state index contributed by atoms with van der Waals surface area (Å²) in [5, 5.41) is 12.7. The third-order valence-corrected chi connectivity index (χ3v) is 6.03. The summed E-state index contributed by atoms with van der Waals surface area (Å²) < 4.78 is 2.16. The third-order valence-electron chi connectivity index (χ3n) is 5.08. The Morgan fingerprint density at radius 2 is 2.04 bits per heavy atom. The number of carbonyl (C=O) groups excluding carboxylic acids is 3. The lowest BCUT2D eigenvalue weighted by Crippen LogP contribution is -2.49. The number of aromatic nitrogens is 3. The van der Waals surface area contributed by atoms with Crippen molar-refractivity contribution in [3.63, 3.8) is 0 Å². The van der Waals surface area contributed by atoms with Crippen molar-refractivity contribution in [3.8, 4) is 0 Å². The van der Waals surface area contributed by atoms with Crippen LogP contribution in [0, 0.1) is 0 Å². The maximum absolute atomic E-state index is 12.3. The molecule has 1 atom stereocenters. The molecule has 140 valence electrons. The largest absolute Gasteiger partial charge is 0.344 e. The summed E-state index contributed by atoms with van der Waals surface area (Å²) in [4.78, 5) is 36.5. The molecule has 2 saturated carbocycles. The van der Waals surface area contributed by atoms with E-state index in [9.17, 15) is 14.4 Å². The van der Waals surface area contributed by atoms with Crippen molar-refractivity contribution in [1.82, 2.24) is 30.5 Å². The zero-order valence-corrected chi connectivity index (χ0v) is 15.6. The molecule has 4 amide bonds. The molecule has 3 fully saturated rings. The van der Waals surface area contributed by atoms with Gasteiger partial charge < -0.3 is 9.88 Å². The number of nitrogens with one attached hydrogen (secondary N) is 2. The lowest BCUT2D eigenvalue weighted by Gasteiger charge is -2.19. The highest BCUT2D eigenvalue weighted by Gasteiger charge is 2.47. The first-order valence-electron chi connectivity index (χ1n) is 8.96. The molecule has 3 aliphatic rings. The summed E-state index contributed by atoms with van der Waals surface area (Å²) in [7, 11) is 0. The average Bonchev–Trinajstić information content (AvgIpc) is 3.54. The summed E-state index contributed by atoms with van der Waals surface area (Å²) in [5.74, 6) is 0.736. The van der Waals surface area contributed by atoms with Crippen LogP contribution in [-0.4, -0.2) is 48.9 Å². The Balaban J connectivity index is 1.38. The highest BCUT2D eigenvalue weighted by Crippen LogP contribution is 2.45. The van der Waals surface area contributed by atoms with Crippen LogP contribution in [0.5, 0.6) is 0 Å². The van der Waals surface area contributed by atoms with E-state index in [1.165, 1.54) is 11.8 Å². The first-order chi connectivity index (χ1) is 12.4. The van der Waals surface area contributed by atoms with Crippen molar-refractivity contribution in [1.29, 1.82) is 0 Å². The van der Waals surface area contributed by atoms with Crippen LogP contribution in [0.15, 0.2) is 5.16 Å². The first-order valence-corrected chi connectivity index (χ1v) is 9.95. The molecule has 4 rings (SSSR count). The van der Waals surface area contributed by atoms with Gasteiger partial charge in [-0.25, -0.2) is 4.79 Å². The van der Waals surface area contributed by atoms with E-state index in [2.05, 4.69) is 25.5 Å². The Morgan fingerprint density at radius 1 is 1.31 bits per heavy atom. The highest BCUT2D eigenvalue weighted by atomic mass is 32.2. The zero-order valence-electron chi connectivity index (χ0n) is 14.8. The fraction of sp³-hybridized carbons (Fsp3) is 0.688. The van der Waals surface area contributed by atoms with Gasteiger partial charge in [-0.2, -0.15) is 5.01 Å². The van der Waals surface area contributed by atoms with Gasteiger partial charge in [-0.05, 0) is 39.0 Å². The minimum absolute atomic E-state index is 0.0649. The van der Waals surface area contributed by atoms with E-state index in [1.807, 2.05) is 6.92 Å². The molecule has 0 aromatic carbocycles. The second-order valence-electron chi connectivity index (χ2n) is 7.30. The molecule has 10 heteroatoms.